The van der Waals surface area contributed by atoms with E-state index in [1.165, 1.54) is 22.0 Å². The summed E-state index contributed by atoms with van der Waals surface area (Å²) in [4.78, 5) is 2.02. The molecule has 0 saturated carbocycles. The summed E-state index contributed by atoms with van der Waals surface area (Å²) in [7, 11) is 9.83. The quantitative estimate of drug-likeness (QED) is 0.205. The molecule has 11 heteroatoms. The predicted molar refractivity (Wildman–Crippen MR) is 173 cm³/mol. The number of nitrogens with two attached hydrogens (primary N) is 1. The molecular weight excluding hydrogens is 688 g/mol. The first kappa shape index (κ1) is 29.1. The molecule has 39 heavy (non-hydrogen) atoms. The highest BCUT2D eigenvalue weighted by atomic mass is 79.9. The predicted octanol–water partition coefficient (Wildman–Crippen LogP) is 7.22. The lowest BCUT2D eigenvalue weighted by molar-refractivity contribution is 0.770. The summed E-state index contributed by atoms with van der Waals surface area (Å²) in [6.07, 6.45) is 0.980. The van der Waals surface area contributed by atoms with Crippen LogP contribution >= 0.6 is 47.8 Å². The van der Waals surface area contributed by atoms with Crippen LogP contribution in [0.5, 0.6) is 0 Å². The van der Waals surface area contributed by atoms with Gasteiger partial charge in [0.2, 0.25) is 0 Å². The molecule has 0 aliphatic rings. The Balaban J connectivity index is 0.000000136. The van der Waals surface area contributed by atoms with E-state index in [0.29, 0.717) is 5.82 Å². The van der Waals surface area contributed by atoms with Gasteiger partial charge in [0.1, 0.15) is 0 Å². The van der Waals surface area contributed by atoms with Crippen molar-refractivity contribution < 1.29 is 0 Å². The Labute approximate surface area is 253 Å². The van der Waals surface area contributed by atoms with E-state index in [-0.39, 0.29) is 0 Å². The number of hydrogen-bond donors (Lipinski definition) is 1. The molecular formula is C28H31Br3N8. The maximum Gasteiger partial charge on any atom is 0.158 e. The Kier molecular flexibility index (Phi) is 9.03. The number of nitrogen functional groups attached to an aromatic ring is 1. The topological polar surface area (TPSA) is 82.7 Å². The summed E-state index contributed by atoms with van der Waals surface area (Å²) in [5.41, 5.74) is 10.3. The summed E-state index contributed by atoms with van der Waals surface area (Å²) in [5.74, 6) is 1.58. The number of fused-ring (bicyclic) bond motifs is 3. The lowest BCUT2D eigenvalue weighted by Gasteiger charge is -2.07. The van der Waals surface area contributed by atoms with Crippen LogP contribution in [0.1, 0.15) is 12.6 Å². The Morgan fingerprint density at radius 1 is 0.667 bits per heavy atom. The van der Waals surface area contributed by atoms with Gasteiger partial charge in [0.25, 0.3) is 0 Å². The van der Waals surface area contributed by atoms with Crippen molar-refractivity contribution >= 4 is 92.1 Å². The molecule has 204 valence electrons. The maximum absolute atomic E-state index is 5.69. The first-order chi connectivity index (χ1) is 18.5. The summed E-state index contributed by atoms with van der Waals surface area (Å²) >= 11 is 10.3. The molecule has 8 nitrogen and oxygen atoms in total. The number of nitrogens with zero attached hydrogens (tertiary/aromatic N) is 7. The fourth-order valence-corrected chi connectivity index (χ4v) is 5.47. The summed E-state index contributed by atoms with van der Waals surface area (Å²) in [6.45, 7) is 2.13. The highest BCUT2D eigenvalue weighted by molar-refractivity contribution is 9.11. The second-order valence-corrected chi connectivity index (χ2v) is 12.0. The molecule has 0 radical (unpaired) electrons. The van der Waals surface area contributed by atoms with Crippen molar-refractivity contribution in [1.29, 1.82) is 0 Å². The fourth-order valence-electron chi connectivity index (χ4n) is 4.39. The number of hydrogen-bond acceptors (Lipinski definition) is 5. The average Bonchev–Trinajstić information content (AvgIpc) is 3.49. The van der Waals surface area contributed by atoms with E-state index in [9.17, 15) is 0 Å². The number of aryl methyl sites for hydroxylation is 4. The Morgan fingerprint density at radius 3 is 1.64 bits per heavy atom. The van der Waals surface area contributed by atoms with E-state index in [4.69, 9.17) is 5.73 Å². The SMILES string of the molecule is CCc1nn(C)c2ccc(Br)cc12.CN(C)c1nn(C)c2ccc(Br)cc12.Cn1nc(N)c2cc(Br)ccc21. The van der Waals surface area contributed by atoms with Crippen molar-refractivity contribution in [2.45, 2.75) is 13.3 Å². The highest BCUT2D eigenvalue weighted by Crippen LogP contribution is 2.27. The van der Waals surface area contributed by atoms with Gasteiger partial charge in [0, 0.05) is 64.8 Å². The van der Waals surface area contributed by atoms with Crippen molar-refractivity contribution in [3.63, 3.8) is 0 Å². The normalized spacial score (nSPS) is 10.9. The molecule has 0 amide bonds. The first-order valence-electron chi connectivity index (χ1n) is 12.3. The second kappa shape index (κ2) is 12.1. The van der Waals surface area contributed by atoms with Crippen molar-refractivity contribution in [3.05, 3.63) is 73.7 Å². The first-order valence-corrected chi connectivity index (χ1v) is 14.7. The van der Waals surface area contributed by atoms with Gasteiger partial charge in [0.05, 0.1) is 22.2 Å². The number of benzene rings is 3. The lowest BCUT2D eigenvalue weighted by Crippen LogP contribution is -2.09. The summed E-state index contributed by atoms with van der Waals surface area (Å²) in [5, 5.41) is 16.4. The van der Waals surface area contributed by atoms with Gasteiger partial charge < -0.3 is 10.6 Å². The zero-order valence-electron chi connectivity index (χ0n) is 22.7. The third kappa shape index (κ3) is 6.31. The van der Waals surface area contributed by atoms with Crippen LogP contribution < -0.4 is 10.6 Å². The molecule has 0 aliphatic heterocycles. The zero-order chi connectivity index (χ0) is 28.4. The maximum atomic E-state index is 5.69. The molecule has 0 fully saturated rings. The molecule has 3 aromatic carbocycles. The molecule has 6 aromatic rings. The van der Waals surface area contributed by atoms with Gasteiger partial charge in [-0.15, -0.1) is 0 Å². The van der Waals surface area contributed by atoms with Crippen LogP contribution in [0.2, 0.25) is 0 Å². The van der Waals surface area contributed by atoms with E-state index < -0.39 is 0 Å². The second-order valence-electron chi connectivity index (χ2n) is 9.26. The minimum atomic E-state index is 0.578. The van der Waals surface area contributed by atoms with Crippen molar-refractivity contribution in [3.8, 4) is 0 Å². The Morgan fingerprint density at radius 2 is 1.10 bits per heavy atom. The van der Waals surface area contributed by atoms with Gasteiger partial charge in [0.15, 0.2) is 11.6 Å². The van der Waals surface area contributed by atoms with Gasteiger partial charge in [-0.3, -0.25) is 14.0 Å². The average molecular weight is 719 g/mol. The van der Waals surface area contributed by atoms with Gasteiger partial charge in [-0.2, -0.15) is 15.3 Å². The van der Waals surface area contributed by atoms with Crippen molar-refractivity contribution in [1.82, 2.24) is 29.3 Å². The van der Waals surface area contributed by atoms with Crippen LogP contribution in [0.15, 0.2) is 68.0 Å². The lowest BCUT2D eigenvalue weighted by atomic mass is 10.2. The van der Waals surface area contributed by atoms with Crippen LogP contribution in [0.4, 0.5) is 11.6 Å². The summed E-state index contributed by atoms with van der Waals surface area (Å²) in [6, 6.07) is 18.4. The monoisotopic (exact) mass is 716 g/mol. The molecule has 0 saturated heterocycles. The van der Waals surface area contributed by atoms with Gasteiger partial charge >= 0.3 is 0 Å². The molecule has 0 bridgehead atoms. The zero-order valence-corrected chi connectivity index (χ0v) is 27.5. The van der Waals surface area contributed by atoms with Gasteiger partial charge in [-0.25, -0.2) is 0 Å². The molecule has 3 aromatic heterocycles. The molecule has 2 N–H and O–H groups in total. The molecule has 0 aliphatic carbocycles. The minimum Gasteiger partial charge on any atom is -0.382 e. The molecule has 0 unspecified atom stereocenters. The van der Waals surface area contributed by atoms with E-state index in [1.807, 2.05) is 79.8 Å². The van der Waals surface area contributed by atoms with E-state index in [0.717, 1.165) is 42.1 Å². The highest BCUT2D eigenvalue weighted by Gasteiger charge is 2.10. The standard InChI is InChI=1S/C10H12BrN3.C10H11BrN2.C8H8BrN3/c1-13(2)10-8-6-7(11)4-5-9(8)14(3)12-10;1-3-9-8-6-7(11)4-5-10(8)13(2)12-9;1-12-7-3-2-5(9)4-6(7)8(10)11-12/h4-6H,1-3H3;4-6H,3H2,1-2H3;2-4H,1H3,(H2,10,11). The van der Waals surface area contributed by atoms with Crippen molar-refractivity contribution in [2.75, 3.05) is 24.7 Å². The molecule has 0 spiro atoms. The van der Waals surface area contributed by atoms with Crippen LogP contribution in [-0.2, 0) is 27.6 Å². The molecule has 0 atom stereocenters. The van der Waals surface area contributed by atoms with Gasteiger partial charge in [-0.05, 0) is 61.0 Å². The van der Waals surface area contributed by atoms with E-state index in [2.05, 4.69) is 94.3 Å². The van der Waals surface area contributed by atoms with Gasteiger partial charge in [-0.1, -0.05) is 54.7 Å². The van der Waals surface area contributed by atoms with E-state index in [1.54, 1.807) is 4.68 Å². The minimum absolute atomic E-state index is 0.578. The third-order valence-electron chi connectivity index (χ3n) is 6.28. The van der Waals surface area contributed by atoms with Crippen molar-refractivity contribution in [2.24, 2.45) is 21.1 Å². The summed E-state index contributed by atoms with van der Waals surface area (Å²) < 4.78 is 8.83. The molecule has 6 rings (SSSR count). The number of halogens is 3. The van der Waals surface area contributed by atoms with Crippen LogP contribution in [0, 0.1) is 0 Å². The Bertz CT molecular complexity index is 1760. The number of aromatic nitrogens is 6. The fraction of sp³-hybridized carbons (Fsp3) is 0.250. The Hall–Kier alpha value is -2.89. The van der Waals surface area contributed by atoms with Crippen LogP contribution in [0.3, 0.4) is 0 Å². The number of anilines is 2. The van der Waals surface area contributed by atoms with Crippen LogP contribution in [0.25, 0.3) is 32.7 Å². The van der Waals surface area contributed by atoms with E-state index >= 15 is 0 Å². The smallest absolute Gasteiger partial charge is 0.158 e. The number of rotatable bonds is 2. The third-order valence-corrected chi connectivity index (χ3v) is 7.76. The molecule has 3 heterocycles. The largest absolute Gasteiger partial charge is 0.382 e. The van der Waals surface area contributed by atoms with Crippen LogP contribution in [-0.4, -0.2) is 43.4 Å².